The number of halogens is 3. The monoisotopic (exact) mass is 952 g/mol. The van der Waals surface area contributed by atoms with E-state index < -0.39 is 61.3 Å². The van der Waals surface area contributed by atoms with Crippen molar-refractivity contribution in [2.75, 3.05) is 0 Å². The van der Waals surface area contributed by atoms with E-state index in [-0.39, 0.29) is 0 Å². The Kier molecular flexibility index (Phi) is 7.26. The number of rotatable bonds is 3. The van der Waals surface area contributed by atoms with Crippen molar-refractivity contribution in [3.8, 4) is 11.1 Å². The zero-order valence-corrected chi connectivity index (χ0v) is 32.1. The average Bonchev–Trinajstić information content (AvgIpc) is 3.70. The quantitative estimate of drug-likeness (QED) is 0.157. The fraction of sp³-hybridized carbons (Fsp3) is 0. The van der Waals surface area contributed by atoms with Crippen LogP contribution in [0.5, 0.6) is 0 Å². The van der Waals surface area contributed by atoms with Gasteiger partial charge in [-0.3, -0.25) is 0 Å². The van der Waals surface area contributed by atoms with Crippen molar-refractivity contribution >= 4 is 103 Å². The van der Waals surface area contributed by atoms with E-state index in [1.807, 2.05) is 0 Å². The van der Waals surface area contributed by atoms with Crippen LogP contribution in [0.2, 0.25) is 0 Å². The van der Waals surface area contributed by atoms with E-state index in [0.717, 1.165) is 0 Å². The molecule has 0 spiro atoms. The normalized spacial score (nSPS) is 14.8. The van der Waals surface area contributed by atoms with Gasteiger partial charge in [0.05, 0.1) is 0 Å². The minimum absolute atomic E-state index is 0.395. The number of nitrogens with zero attached hydrogens (tertiary/aromatic N) is 2. The molecule has 2 aliphatic rings. The zero-order chi connectivity index (χ0) is 31.6. The Morgan fingerprint density at radius 3 is 1.90 bits per heavy atom. The average molecular weight is 952 g/mol. The van der Waals surface area contributed by atoms with Crippen LogP contribution in [0, 0.1) is 10.7 Å². The minimum atomic E-state index is -2.11. The van der Waals surface area contributed by atoms with E-state index in [9.17, 15) is 0 Å². The molecule has 0 radical (unpaired) electrons. The molecule has 0 saturated heterocycles. The first kappa shape index (κ1) is 29.1. The molecule has 2 aliphatic heterocycles. The van der Waals surface area contributed by atoms with Gasteiger partial charge in [0.1, 0.15) is 0 Å². The van der Waals surface area contributed by atoms with Gasteiger partial charge in [-0.15, -0.1) is 0 Å². The van der Waals surface area contributed by atoms with E-state index in [1.54, 1.807) is 5.09 Å². The van der Waals surface area contributed by atoms with Gasteiger partial charge >= 0.3 is 309 Å². The molecule has 0 fully saturated rings. The van der Waals surface area contributed by atoms with Crippen LogP contribution in [0.1, 0.15) is 11.1 Å². The second-order valence-corrected chi connectivity index (χ2v) is 24.1. The van der Waals surface area contributed by atoms with Crippen LogP contribution in [0.4, 0.5) is 0 Å². The topological polar surface area (TPSA) is 17.3 Å². The van der Waals surface area contributed by atoms with Crippen LogP contribution in [-0.4, -0.2) is 13.6 Å². The second-order valence-electron chi connectivity index (χ2n) is 11.7. The summed E-state index contributed by atoms with van der Waals surface area (Å²) in [5, 5.41) is 5.40. The van der Waals surface area contributed by atoms with Crippen LogP contribution in [0.3, 0.4) is 0 Å². The molecule has 5 heteroatoms. The SMILES string of the molecule is c1ccc(C2=IC(c3ccccc3)=IC(n3c4ccccc4c4c5ccccc5c5c(c43)I(c3ccccc3)c3ccccc3-5)=N2)cc1. The van der Waals surface area contributed by atoms with E-state index in [0.29, 0.717) is 0 Å². The van der Waals surface area contributed by atoms with Crippen molar-refractivity contribution in [2.24, 2.45) is 4.99 Å². The van der Waals surface area contributed by atoms with E-state index in [2.05, 4.69) is 168 Å². The third kappa shape index (κ3) is 4.57. The first-order valence-corrected chi connectivity index (χ1v) is 23.5. The molecule has 0 unspecified atom stereocenters. The van der Waals surface area contributed by atoms with Gasteiger partial charge in [0.25, 0.3) is 0 Å². The predicted molar refractivity (Wildman–Crippen MR) is 231 cm³/mol. The molecule has 1 aromatic heterocycles. The molecule has 3 heterocycles. The molecule has 0 amide bonds. The van der Waals surface area contributed by atoms with Crippen LogP contribution >= 0.6 is 61.3 Å². The third-order valence-corrected chi connectivity index (χ3v) is 22.7. The van der Waals surface area contributed by atoms with Gasteiger partial charge in [-0.2, -0.15) is 0 Å². The summed E-state index contributed by atoms with van der Waals surface area (Å²) >= 11 is -3.02. The molecule has 48 heavy (non-hydrogen) atoms. The number of para-hydroxylation sites is 1. The Hall–Kier alpha value is -3.80. The van der Waals surface area contributed by atoms with Gasteiger partial charge < -0.3 is 0 Å². The van der Waals surface area contributed by atoms with Gasteiger partial charge in [0.15, 0.2) is 0 Å². The molecule has 0 N–H and O–H groups in total. The molecule has 0 saturated carbocycles. The van der Waals surface area contributed by atoms with E-state index in [4.69, 9.17) is 4.99 Å². The standard InChI is InChI=1S/C43H27I3N2/c1-4-16-28(17-5-1)41-44-42(29-18-6-2-7-19-29)47-43(45-41)48-36-27-15-13-25-34(36)38-32-23-11-10-22-31(32)37-33-24-12-14-26-35(33)46(39(37)40(38)48)30-20-8-3-9-21-30/h1-27H. The van der Waals surface area contributed by atoms with Crippen LogP contribution in [0.15, 0.2) is 169 Å². The summed E-state index contributed by atoms with van der Waals surface area (Å²) in [5.74, 6) is 0. The summed E-state index contributed by atoms with van der Waals surface area (Å²) < 4.78 is 11.3. The van der Waals surface area contributed by atoms with E-state index in [1.165, 1.54) is 69.4 Å². The van der Waals surface area contributed by atoms with E-state index >= 15 is 0 Å². The molecular formula is C43H27I3N2. The number of fused-ring (bicyclic) bond motifs is 10. The Morgan fingerprint density at radius 2 is 1.12 bits per heavy atom. The summed E-state index contributed by atoms with van der Waals surface area (Å²) in [6.07, 6.45) is 0. The first-order chi connectivity index (χ1) is 23.8. The molecule has 0 atom stereocenters. The number of aromatic nitrogens is 1. The Balaban J connectivity index is 1.39. The van der Waals surface area contributed by atoms with Gasteiger partial charge in [0, 0.05) is 0 Å². The van der Waals surface area contributed by atoms with Gasteiger partial charge in [-0.05, 0) is 0 Å². The fourth-order valence-electron chi connectivity index (χ4n) is 6.97. The number of aliphatic imine (C=N–C) groups is 1. The Labute approximate surface area is 306 Å². The molecule has 2 nitrogen and oxygen atoms in total. The van der Waals surface area contributed by atoms with Crippen molar-refractivity contribution in [1.29, 1.82) is 0 Å². The second kappa shape index (κ2) is 12.0. The van der Waals surface area contributed by atoms with Gasteiger partial charge in [-0.1, -0.05) is 0 Å². The van der Waals surface area contributed by atoms with Crippen LogP contribution in [0.25, 0.3) is 43.7 Å². The maximum absolute atomic E-state index is 5.71. The molecule has 7 aromatic carbocycles. The van der Waals surface area contributed by atoms with Crippen molar-refractivity contribution in [3.05, 3.63) is 186 Å². The first-order valence-electron chi connectivity index (χ1n) is 15.9. The van der Waals surface area contributed by atoms with Crippen molar-refractivity contribution in [2.45, 2.75) is 0 Å². The summed E-state index contributed by atoms with van der Waals surface area (Å²) in [6.45, 7) is 0. The van der Waals surface area contributed by atoms with Crippen molar-refractivity contribution in [1.82, 2.24) is 4.57 Å². The predicted octanol–water partition coefficient (Wildman–Crippen LogP) is 11.9. The van der Waals surface area contributed by atoms with Crippen LogP contribution < -0.4 is 0 Å². The molecule has 0 aliphatic carbocycles. The third-order valence-electron chi connectivity index (χ3n) is 8.97. The summed E-state index contributed by atoms with van der Waals surface area (Å²) in [5.41, 5.74) is 8.14. The maximum atomic E-state index is 5.71. The van der Waals surface area contributed by atoms with Gasteiger partial charge in [-0.25, -0.2) is 0 Å². The Bertz CT molecular complexity index is 2610. The number of benzene rings is 7. The Morgan fingerprint density at radius 1 is 0.521 bits per heavy atom. The molecule has 8 aromatic rings. The molecule has 0 bridgehead atoms. The summed E-state index contributed by atoms with van der Waals surface area (Å²) in [6, 6.07) is 60.9. The van der Waals surface area contributed by atoms with Crippen molar-refractivity contribution < 1.29 is 0 Å². The summed E-state index contributed by atoms with van der Waals surface area (Å²) in [4.78, 5) is 5.71. The molecular weight excluding hydrogens is 925 g/mol. The number of hydrogen-bond acceptors (Lipinski definition) is 1. The summed E-state index contributed by atoms with van der Waals surface area (Å²) in [7, 11) is 0. The molecule has 230 valence electrons. The fourth-order valence-corrected chi connectivity index (χ4v) is 21.8. The number of hydrogen-bond donors (Lipinski definition) is 0. The zero-order valence-electron chi connectivity index (χ0n) is 25.6. The van der Waals surface area contributed by atoms with Crippen LogP contribution in [-0.2, 0) is 0 Å². The van der Waals surface area contributed by atoms with Crippen molar-refractivity contribution in [3.63, 3.8) is 0 Å². The molecule has 10 rings (SSSR count). The van der Waals surface area contributed by atoms with Gasteiger partial charge in [0.2, 0.25) is 0 Å².